The number of benzene rings is 2. The Bertz CT molecular complexity index is 1030. The summed E-state index contributed by atoms with van der Waals surface area (Å²) < 4.78 is 5.15. The summed E-state index contributed by atoms with van der Waals surface area (Å²) in [5.41, 5.74) is 0.753. The number of aromatic nitrogens is 1. The highest BCUT2D eigenvalue weighted by molar-refractivity contribution is 5.94. The van der Waals surface area contributed by atoms with Crippen LogP contribution >= 0.6 is 0 Å². The first-order valence-electron chi connectivity index (χ1n) is 8.64. The maximum absolute atomic E-state index is 12.1. The van der Waals surface area contributed by atoms with E-state index in [4.69, 9.17) is 4.74 Å². The van der Waals surface area contributed by atoms with Crippen molar-refractivity contribution in [3.05, 3.63) is 69.9 Å². The van der Waals surface area contributed by atoms with Gasteiger partial charge in [-0.15, -0.1) is 0 Å². The number of rotatable bonds is 6. The van der Waals surface area contributed by atoms with Gasteiger partial charge in [-0.25, -0.2) is 0 Å². The zero-order chi connectivity index (χ0) is 20.3. The Morgan fingerprint density at radius 1 is 1.32 bits per heavy atom. The molecule has 2 aromatic carbocycles. The first kappa shape index (κ1) is 19.1. The number of hydrogen-bond acceptors (Lipinski definition) is 6. The first-order valence-corrected chi connectivity index (χ1v) is 8.64. The number of ether oxygens (including phenoxy) is 1. The van der Waals surface area contributed by atoms with Crippen LogP contribution < -0.4 is 10.1 Å². The molecule has 144 valence electrons. The summed E-state index contributed by atoms with van der Waals surface area (Å²) in [6.07, 6.45) is 1.67. The molecule has 0 spiro atoms. The molecular formula is C20H19N3O5. The van der Waals surface area contributed by atoms with Gasteiger partial charge in [-0.3, -0.25) is 19.9 Å². The Labute approximate surface area is 160 Å². The van der Waals surface area contributed by atoms with Crippen LogP contribution in [-0.2, 0) is 4.79 Å². The van der Waals surface area contributed by atoms with Crippen molar-refractivity contribution in [3.8, 4) is 11.5 Å². The molecule has 1 amide bonds. The number of nitrogens with zero attached hydrogens (tertiary/aromatic N) is 2. The summed E-state index contributed by atoms with van der Waals surface area (Å²) in [5, 5.41) is 25.4. The quantitative estimate of drug-likeness (QED) is 0.499. The highest BCUT2D eigenvalue weighted by Crippen LogP contribution is 2.39. The molecule has 0 fully saturated rings. The predicted molar refractivity (Wildman–Crippen MR) is 103 cm³/mol. The van der Waals surface area contributed by atoms with Gasteiger partial charge < -0.3 is 15.2 Å². The minimum absolute atomic E-state index is 0.107. The molecule has 0 saturated heterocycles. The van der Waals surface area contributed by atoms with E-state index in [1.807, 2.05) is 0 Å². The van der Waals surface area contributed by atoms with Gasteiger partial charge in [0.25, 0.3) is 5.69 Å². The number of carbonyl (C=O) groups excluding carboxylic acids is 1. The molecule has 0 aliphatic heterocycles. The molecule has 1 atom stereocenters. The number of nitrogens with one attached hydrogen (secondary N) is 1. The van der Waals surface area contributed by atoms with Crippen molar-refractivity contribution < 1.29 is 19.6 Å². The number of aromatic hydroxyl groups is 1. The van der Waals surface area contributed by atoms with Gasteiger partial charge in [0.1, 0.15) is 17.0 Å². The second-order valence-corrected chi connectivity index (χ2v) is 6.12. The number of hydrogen-bond donors (Lipinski definition) is 2. The van der Waals surface area contributed by atoms with Gasteiger partial charge >= 0.3 is 0 Å². The molecule has 0 unspecified atom stereocenters. The summed E-state index contributed by atoms with van der Waals surface area (Å²) in [6, 6.07) is 10.5. The average molecular weight is 381 g/mol. The van der Waals surface area contributed by atoms with Crippen LogP contribution in [0.3, 0.4) is 0 Å². The molecule has 0 aliphatic carbocycles. The topological polar surface area (TPSA) is 115 Å². The van der Waals surface area contributed by atoms with E-state index >= 15 is 0 Å². The molecule has 0 bridgehead atoms. The minimum atomic E-state index is -0.788. The number of methoxy groups -OCH3 is 1. The van der Waals surface area contributed by atoms with E-state index < -0.39 is 11.0 Å². The van der Waals surface area contributed by atoms with E-state index in [9.17, 15) is 20.0 Å². The average Bonchev–Trinajstić information content (AvgIpc) is 2.72. The van der Waals surface area contributed by atoms with Gasteiger partial charge in [-0.2, -0.15) is 0 Å². The fraction of sp³-hybridized carbons (Fsp3) is 0.200. The third-order valence-electron chi connectivity index (χ3n) is 4.46. The summed E-state index contributed by atoms with van der Waals surface area (Å²) in [7, 11) is 1.54. The predicted octanol–water partition coefficient (Wildman–Crippen LogP) is 3.47. The number of amides is 1. The number of phenols is 1. The van der Waals surface area contributed by atoms with Gasteiger partial charge in [-0.1, -0.05) is 19.1 Å². The highest BCUT2D eigenvalue weighted by Gasteiger charge is 2.26. The van der Waals surface area contributed by atoms with E-state index in [1.54, 1.807) is 37.3 Å². The zero-order valence-corrected chi connectivity index (χ0v) is 15.4. The number of fused-ring (bicyclic) bond motifs is 1. The Balaban J connectivity index is 2.23. The molecule has 0 radical (unpaired) electrons. The summed E-state index contributed by atoms with van der Waals surface area (Å²) in [4.78, 5) is 27.3. The lowest BCUT2D eigenvalue weighted by Gasteiger charge is -2.21. The molecule has 8 nitrogen and oxygen atoms in total. The molecule has 2 N–H and O–H groups in total. The Morgan fingerprint density at radius 2 is 2.04 bits per heavy atom. The van der Waals surface area contributed by atoms with Gasteiger partial charge in [0.05, 0.1) is 23.5 Å². The number of phenolic OH excluding ortho intramolecular Hbond substituents is 1. The fourth-order valence-electron chi connectivity index (χ4n) is 3.00. The third kappa shape index (κ3) is 3.57. The van der Waals surface area contributed by atoms with Crippen LogP contribution in [0.15, 0.2) is 48.7 Å². The summed E-state index contributed by atoms with van der Waals surface area (Å²) in [6.45, 7) is 1.70. The molecule has 8 heteroatoms. The van der Waals surface area contributed by atoms with E-state index in [2.05, 4.69) is 10.3 Å². The van der Waals surface area contributed by atoms with Crippen LogP contribution in [0, 0.1) is 10.1 Å². The van der Waals surface area contributed by atoms with Crippen LogP contribution in [0.1, 0.15) is 30.5 Å². The second-order valence-electron chi connectivity index (χ2n) is 6.12. The normalized spacial score (nSPS) is 11.8. The van der Waals surface area contributed by atoms with E-state index in [0.717, 1.165) is 0 Å². The minimum Gasteiger partial charge on any atom is -0.505 e. The van der Waals surface area contributed by atoms with Crippen molar-refractivity contribution in [2.24, 2.45) is 0 Å². The van der Waals surface area contributed by atoms with Gasteiger partial charge in [0, 0.05) is 24.2 Å². The Kier molecular flexibility index (Phi) is 5.39. The summed E-state index contributed by atoms with van der Waals surface area (Å²) >= 11 is 0. The van der Waals surface area contributed by atoms with Crippen LogP contribution in [-0.4, -0.2) is 28.0 Å². The van der Waals surface area contributed by atoms with Crippen molar-refractivity contribution in [1.82, 2.24) is 10.3 Å². The van der Waals surface area contributed by atoms with Crippen LogP contribution in [0.2, 0.25) is 0 Å². The third-order valence-corrected chi connectivity index (χ3v) is 4.46. The largest absolute Gasteiger partial charge is 0.505 e. The van der Waals surface area contributed by atoms with Crippen molar-refractivity contribution in [2.75, 3.05) is 7.11 Å². The fourth-order valence-corrected chi connectivity index (χ4v) is 3.00. The van der Waals surface area contributed by atoms with Gasteiger partial charge in [0.2, 0.25) is 5.91 Å². The maximum Gasteiger partial charge on any atom is 0.279 e. The standard InChI is InChI=1S/C20H19N3O5/c1-3-17(24)22-18(12-6-8-13(28-2)9-7-12)15-11-16(23(26)27)14-5-4-10-21-19(14)20(15)25/h4-11,18,25H,3H2,1-2H3,(H,22,24)/t18-/m1/s1. The highest BCUT2D eigenvalue weighted by atomic mass is 16.6. The number of nitro benzene ring substituents is 1. The molecule has 1 heterocycles. The first-order chi connectivity index (χ1) is 13.5. The van der Waals surface area contributed by atoms with Gasteiger partial charge in [-0.05, 0) is 29.8 Å². The Morgan fingerprint density at radius 3 is 2.64 bits per heavy atom. The Hall–Kier alpha value is -3.68. The molecule has 3 rings (SSSR count). The number of non-ortho nitro benzene ring substituents is 1. The van der Waals surface area contributed by atoms with E-state index in [1.165, 1.54) is 25.4 Å². The number of pyridine rings is 1. The van der Waals surface area contributed by atoms with Crippen LogP contribution in [0.4, 0.5) is 5.69 Å². The summed E-state index contributed by atoms with van der Waals surface area (Å²) in [5.74, 6) is 0.155. The number of carbonyl (C=O) groups is 1. The van der Waals surface area contributed by atoms with Gasteiger partial charge in [0.15, 0.2) is 0 Å². The molecule has 1 aromatic heterocycles. The van der Waals surface area contributed by atoms with Crippen molar-refractivity contribution in [2.45, 2.75) is 19.4 Å². The lowest BCUT2D eigenvalue weighted by Crippen LogP contribution is -2.28. The zero-order valence-electron chi connectivity index (χ0n) is 15.4. The monoisotopic (exact) mass is 381 g/mol. The molecule has 3 aromatic rings. The second kappa shape index (κ2) is 7.91. The lowest BCUT2D eigenvalue weighted by atomic mass is 9.95. The van der Waals surface area contributed by atoms with Crippen molar-refractivity contribution in [3.63, 3.8) is 0 Å². The van der Waals surface area contributed by atoms with Crippen LogP contribution in [0.5, 0.6) is 11.5 Å². The molecule has 0 aliphatic rings. The number of nitro groups is 1. The molecule has 28 heavy (non-hydrogen) atoms. The van der Waals surface area contributed by atoms with E-state index in [-0.39, 0.29) is 40.2 Å². The van der Waals surface area contributed by atoms with E-state index in [0.29, 0.717) is 11.3 Å². The van der Waals surface area contributed by atoms with Crippen molar-refractivity contribution in [1.29, 1.82) is 0 Å². The molecule has 0 saturated carbocycles. The molecular weight excluding hydrogens is 362 g/mol. The SMILES string of the molecule is CCC(=O)N[C@H](c1ccc(OC)cc1)c1cc([N+](=O)[O-])c2cccnc2c1O. The van der Waals surface area contributed by atoms with Crippen molar-refractivity contribution >= 4 is 22.5 Å². The lowest BCUT2D eigenvalue weighted by molar-refractivity contribution is -0.383. The maximum atomic E-state index is 12.1. The van der Waals surface area contributed by atoms with Crippen LogP contribution in [0.25, 0.3) is 10.9 Å². The smallest absolute Gasteiger partial charge is 0.279 e.